The second-order valence-electron chi connectivity index (χ2n) is 7.32. The van der Waals surface area contributed by atoms with E-state index in [2.05, 4.69) is 14.5 Å². The third-order valence-electron chi connectivity index (χ3n) is 5.65. The van der Waals surface area contributed by atoms with Crippen molar-refractivity contribution in [2.75, 3.05) is 46.1 Å². The smallest absolute Gasteiger partial charge is 0.248 e. The first-order valence-corrected chi connectivity index (χ1v) is 9.49. The molecule has 138 valence electrons. The molecule has 0 aliphatic carbocycles. The molecule has 0 unspecified atom stereocenters. The molecule has 1 aromatic heterocycles. The summed E-state index contributed by atoms with van der Waals surface area (Å²) in [5.74, 6) is 0.125. The molecule has 2 saturated heterocycles. The topological polar surface area (TPSA) is 59.8 Å². The van der Waals surface area contributed by atoms with E-state index in [9.17, 15) is 4.79 Å². The van der Waals surface area contributed by atoms with E-state index in [4.69, 9.17) is 9.47 Å². The SMILES string of the molecule is O=C(COC[C@H]1CN(C2CCOCC2)Cc2cncn21)N1CCCC1. The Bertz CT molecular complexity index is 579. The molecule has 7 nitrogen and oxygen atoms in total. The van der Waals surface area contributed by atoms with Crippen LogP contribution >= 0.6 is 0 Å². The Balaban J connectivity index is 1.34. The van der Waals surface area contributed by atoms with E-state index >= 15 is 0 Å². The van der Waals surface area contributed by atoms with Gasteiger partial charge in [0, 0.05) is 51.6 Å². The maximum absolute atomic E-state index is 12.2. The molecule has 3 aliphatic heterocycles. The Morgan fingerprint density at radius 1 is 1.28 bits per heavy atom. The number of hydrogen-bond acceptors (Lipinski definition) is 5. The summed E-state index contributed by atoms with van der Waals surface area (Å²) < 4.78 is 13.5. The summed E-state index contributed by atoms with van der Waals surface area (Å²) in [4.78, 5) is 20.9. The van der Waals surface area contributed by atoms with E-state index < -0.39 is 0 Å². The van der Waals surface area contributed by atoms with Crippen molar-refractivity contribution < 1.29 is 14.3 Å². The lowest BCUT2D eigenvalue weighted by Crippen LogP contribution is -2.46. The fraction of sp³-hybridized carbons (Fsp3) is 0.778. The number of imidazole rings is 1. The van der Waals surface area contributed by atoms with Gasteiger partial charge in [0.05, 0.1) is 24.7 Å². The minimum Gasteiger partial charge on any atom is -0.381 e. The summed E-state index contributed by atoms with van der Waals surface area (Å²) in [6.07, 6.45) is 8.27. The predicted molar refractivity (Wildman–Crippen MR) is 92.1 cm³/mol. The fourth-order valence-corrected chi connectivity index (χ4v) is 4.22. The highest BCUT2D eigenvalue weighted by atomic mass is 16.5. The van der Waals surface area contributed by atoms with Crippen LogP contribution in [0.5, 0.6) is 0 Å². The molecule has 0 saturated carbocycles. The van der Waals surface area contributed by atoms with Crippen molar-refractivity contribution in [3.05, 3.63) is 18.2 Å². The van der Waals surface area contributed by atoms with Crippen molar-refractivity contribution in [2.45, 2.75) is 44.3 Å². The molecule has 1 amide bonds. The zero-order valence-corrected chi connectivity index (χ0v) is 14.8. The van der Waals surface area contributed by atoms with Crippen LogP contribution in [0.2, 0.25) is 0 Å². The lowest BCUT2D eigenvalue weighted by atomic mass is 10.0. The number of ether oxygens (including phenoxy) is 2. The molecule has 0 aromatic carbocycles. The average molecular weight is 348 g/mol. The van der Waals surface area contributed by atoms with Crippen molar-refractivity contribution in [3.8, 4) is 0 Å². The van der Waals surface area contributed by atoms with E-state index in [1.807, 2.05) is 17.4 Å². The van der Waals surface area contributed by atoms with E-state index in [-0.39, 0.29) is 18.6 Å². The number of fused-ring (bicyclic) bond motifs is 1. The standard InChI is InChI=1S/C18H28N4O3/c23-18(20-5-1-2-6-20)13-25-12-17-11-21(15-3-7-24-8-4-15)10-16-9-19-14-22(16)17/h9,14-15,17H,1-8,10-13H2/t17-/m1/s1. The van der Waals surface area contributed by atoms with Crippen molar-refractivity contribution in [2.24, 2.45) is 0 Å². The molecular weight excluding hydrogens is 320 g/mol. The summed E-state index contributed by atoms with van der Waals surface area (Å²) in [5, 5.41) is 0. The Hall–Kier alpha value is -1.44. The molecule has 1 aromatic rings. The first kappa shape index (κ1) is 17.0. The molecule has 0 spiro atoms. The van der Waals surface area contributed by atoms with Crippen LogP contribution < -0.4 is 0 Å². The van der Waals surface area contributed by atoms with Crippen LogP contribution in [0.25, 0.3) is 0 Å². The van der Waals surface area contributed by atoms with E-state index in [0.29, 0.717) is 12.6 Å². The van der Waals surface area contributed by atoms with Crippen LogP contribution in [-0.2, 0) is 20.8 Å². The van der Waals surface area contributed by atoms with Crippen LogP contribution in [0.3, 0.4) is 0 Å². The van der Waals surface area contributed by atoms with Crippen LogP contribution in [0.4, 0.5) is 0 Å². The van der Waals surface area contributed by atoms with Crippen molar-refractivity contribution >= 4 is 5.91 Å². The van der Waals surface area contributed by atoms with Gasteiger partial charge in [-0.2, -0.15) is 0 Å². The van der Waals surface area contributed by atoms with Gasteiger partial charge in [-0.15, -0.1) is 0 Å². The minimum absolute atomic E-state index is 0.125. The highest BCUT2D eigenvalue weighted by Gasteiger charge is 2.30. The second-order valence-corrected chi connectivity index (χ2v) is 7.32. The number of aromatic nitrogens is 2. The molecule has 4 heterocycles. The molecule has 2 fully saturated rings. The van der Waals surface area contributed by atoms with Crippen molar-refractivity contribution in [3.63, 3.8) is 0 Å². The second kappa shape index (κ2) is 7.85. The van der Waals surface area contributed by atoms with Gasteiger partial charge in [0.25, 0.3) is 0 Å². The van der Waals surface area contributed by atoms with Gasteiger partial charge >= 0.3 is 0 Å². The fourth-order valence-electron chi connectivity index (χ4n) is 4.22. The molecule has 0 N–H and O–H groups in total. The normalized spacial score (nSPS) is 25.3. The van der Waals surface area contributed by atoms with Gasteiger partial charge in [0.1, 0.15) is 6.61 Å². The van der Waals surface area contributed by atoms with Crippen molar-refractivity contribution in [1.29, 1.82) is 0 Å². The Morgan fingerprint density at radius 2 is 2.08 bits per heavy atom. The summed E-state index contributed by atoms with van der Waals surface area (Å²) in [6, 6.07) is 0.798. The molecule has 0 bridgehead atoms. The largest absolute Gasteiger partial charge is 0.381 e. The zero-order chi connectivity index (χ0) is 17.1. The Kier molecular flexibility index (Phi) is 5.33. The number of nitrogens with zero attached hydrogens (tertiary/aromatic N) is 4. The Labute approximate surface area is 148 Å². The number of carbonyl (C=O) groups excluding carboxylic acids is 1. The molecule has 7 heteroatoms. The Morgan fingerprint density at radius 3 is 2.88 bits per heavy atom. The molecular formula is C18H28N4O3. The molecule has 25 heavy (non-hydrogen) atoms. The molecule has 0 radical (unpaired) electrons. The van der Waals surface area contributed by atoms with E-state index in [1.54, 1.807) is 0 Å². The quantitative estimate of drug-likeness (QED) is 0.796. The third kappa shape index (κ3) is 3.88. The van der Waals surface area contributed by atoms with Crippen LogP contribution in [0, 0.1) is 0 Å². The number of amides is 1. The first-order chi connectivity index (χ1) is 12.3. The van der Waals surface area contributed by atoms with Crippen LogP contribution in [0.15, 0.2) is 12.5 Å². The zero-order valence-electron chi connectivity index (χ0n) is 14.8. The maximum Gasteiger partial charge on any atom is 0.248 e. The lowest BCUT2D eigenvalue weighted by Gasteiger charge is -2.40. The van der Waals surface area contributed by atoms with Gasteiger partial charge in [0.15, 0.2) is 0 Å². The van der Waals surface area contributed by atoms with Crippen LogP contribution in [-0.4, -0.2) is 77.4 Å². The number of likely N-dealkylation sites (tertiary alicyclic amines) is 1. The average Bonchev–Trinajstić information content (AvgIpc) is 3.34. The van der Waals surface area contributed by atoms with E-state index in [1.165, 1.54) is 5.69 Å². The summed E-state index contributed by atoms with van der Waals surface area (Å²) in [6.45, 7) is 6.11. The van der Waals surface area contributed by atoms with Gasteiger partial charge in [-0.1, -0.05) is 0 Å². The summed E-state index contributed by atoms with van der Waals surface area (Å²) in [5.41, 5.74) is 1.23. The minimum atomic E-state index is 0.125. The monoisotopic (exact) mass is 348 g/mol. The van der Waals surface area contributed by atoms with E-state index in [0.717, 1.165) is 65.1 Å². The highest BCUT2D eigenvalue weighted by Crippen LogP contribution is 2.26. The predicted octanol–water partition coefficient (Wildman–Crippen LogP) is 1.06. The van der Waals surface area contributed by atoms with Gasteiger partial charge < -0.3 is 18.9 Å². The maximum atomic E-state index is 12.2. The first-order valence-electron chi connectivity index (χ1n) is 9.49. The van der Waals surface area contributed by atoms with Gasteiger partial charge in [0.2, 0.25) is 5.91 Å². The molecule has 4 rings (SSSR count). The number of carbonyl (C=O) groups is 1. The number of rotatable bonds is 5. The third-order valence-corrected chi connectivity index (χ3v) is 5.65. The van der Waals surface area contributed by atoms with Gasteiger partial charge in [-0.25, -0.2) is 4.98 Å². The van der Waals surface area contributed by atoms with Crippen LogP contribution in [0.1, 0.15) is 37.4 Å². The highest BCUT2D eigenvalue weighted by molar-refractivity contribution is 5.77. The molecule has 3 aliphatic rings. The lowest BCUT2D eigenvalue weighted by molar-refractivity contribution is -0.135. The summed E-state index contributed by atoms with van der Waals surface area (Å²) in [7, 11) is 0. The summed E-state index contributed by atoms with van der Waals surface area (Å²) >= 11 is 0. The van der Waals surface area contributed by atoms with Gasteiger partial charge in [-0.3, -0.25) is 9.69 Å². The van der Waals surface area contributed by atoms with Crippen molar-refractivity contribution in [1.82, 2.24) is 19.4 Å². The molecule has 1 atom stereocenters. The van der Waals surface area contributed by atoms with Gasteiger partial charge in [-0.05, 0) is 25.7 Å². The number of hydrogen-bond donors (Lipinski definition) is 0.